The van der Waals surface area contributed by atoms with Crippen molar-refractivity contribution in [3.63, 3.8) is 0 Å². The summed E-state index contributed by atoms with van der Waals surface area (Å²) in [5.74, 6) is 0. The fourth-order valence-corrected chi connectivity index (χ4v) is 4.03. The molecule has 1 saturated carbocycles. The molecule has 0 atom stereocenters. The van der Waals surface area contributed by atoms with Crippen LogP contribution in [-0.2, 0) is 12.8 Å². The van der Waals surface area contributed by atoms with E-state index in [0.717, 1.165) is 0 Å². The smallest absolute Gasteiger partial charge is 0.0165 e. The van der Waals surface area contributed by atoms with E-state index in [9.17, 15) is 0 Å². The molecule has 1 heteroatoms. The molecule has 3 rings (SSSR count). The molecule has 1 aromatic carbocycles. The summed E-state index contributed by atoms with van der Waals surface area (Å²) in [4.78, 5) is 0. The fraction of sp³-hybridized carbons (Fsp3) is 0.538. The van der Waals surface area contributed by atoms with Crippen molar-refractivity contribution in [3.05, 3.63) is 32.9 Å². The van der Waals surface area contributed by atoms with Gasteiger partial charge in [-0.1, -0.05) is 25.0 Å². The number of hydrogen-bond acceptors (Lipinski definition) is 0. The Balaban J connectivity index is 2.00. The first kappa shape index (κ1) is 9.20. The molecule has 0 unspecified atom stereocenters. The summed E-state index contributed by atoms with van der Waals surface area (Å²) in [5, 5.41) is 0. The van der Waals surface area contributed by atoms with Gasteiger partial charge in [-0.25, -0.2) is 0 Å². The van der Waals surface area contributed by atoms with Gasteiger partial charge in [0.05, 0.1) is 0 Å². The van der Waals surface area contributed by atoms with Gasteiger partial charge in [-0.05, 0) is 70.9 Å². The Kier molecular flexibility index (Phi) is 2.12. The molecule has 0 radical (unpaired) electrons. The topological polar surface area (TPSA) is 0 Å². The van der Waals surface area contributed by atoms with Crippen molar-refractivity contribution in [1.29, 1.82) is 0 Å². The largest absolute Gasteiger partial charge is 0.0609 e. The van der Waals surface area contributed by atoms with Gasteiger partial charge in [-0.2, -0.15) is 0 Å². The van der Waals surface area contributed by atoms with Crippen molar-refractivity contribution in [2.75, 3.05) is 0 Å². The predicted octanol–water partition coefficient (Wildman–Crippen LogP) is 3.95. The zero-order chi connectivity index (χ0) is 9.60. The fourth-order valence-electron chi connectivity index (χ4n) is 3.29. The molecule has 0 heterocycles. The summed E-state index contributed by atoms with van der Waals surface area (Å²) >= 11 is 2.50. The molecule has 14 heavy (non-hydrogen) atoms. The van der Waals surface area contributed by atoms with Crippen LogP contribution in [0.15, 0.2) is 18.2 Å². The molecule has 0 aromatic heterocycles. The Morgan fingerprint density at radius 2 is 1.86 bits per heavy atom. The lowest BCUT2D eigenvalue weighted by molar-refractivity contribution is 0.317. The van der Waals surface area contributed by atoms with Crippen molar-refractivity contribution in [1.82, 2.24) is 0 Å². The number of fused-ring (bicyclic) bond motifs is 1. The van der Waals surface area contributed by atoms with E-state index in [2.05, 4.69) is 40.8 Å². The van der Waals surface area contributed by atoms with Crippen LogP contribution in [0.4, 0.5) is 0 Å². The highest BCUT2D eigenvalue weighted by Gasteiger charge is 2.39. The van der Waals surface area contributed by atoms with Gasteiger partial charge in [-0.15, -0.1) is 0 Å². The van der Waals surface area contributed by atoms with Gasteiger partial charge in [0.2, 0.25) is 0 Å². The second-order valence-corrected chi connectivity index (χ2v) is 6.10. The first-order valence-electron chi connectivity index (χ1n) is 5.55. The van der Waals surface area contributed by atoms with Crippen LogP contribution in [0.2, 0.25) is 0 Å². The van der Waals surface area contributed by atoms with E-state index in [1.165, 1.54) is 42.1 Å². The van der Waals surface area contributed by atoms with Gasteiger partial charge in [0.25, 0.3) is 0 Å². The Morgan fingerprint density at radius 3 is 2.57 bits per heavy atom. The maximum absolute atomic E-state index is 2.50. The maximum Gasteiger partial charge on any atom is 0.0165 e. The quantitative estimate of drug-likeness (QED) is 0.636. The van der Waals surface area contributed by atoms with Gasteiger partial charge >= 0.3 is 0 Å². The molecule has 0 bridgehead atoms. The maximum atomic E-state index is 2.50. The summed E-state index contributed by atoms with van der Waals surface area (Å²) in [5.41, 5.74) is 3.98. The third-order valence-corrected chi connectivity index (χ3v) is 5.01. The van der Waals surface area contributed by atoms with Crippen LogP contribution in [0.3, 0.4) is 0 Å². The second-order valence-electron chi connectivity index (χ2n) is 4.94. The first-order chi connectivity index (χ1) is 6.79. The van der Waals surface area contributed by atoms with Crippen LogP contribution >= 0.6 is 22.6 Å². The third-order valence-electron chi connectivity index (χ3n) is 4.00. The predicted molar refractivity (Wildman–Crippen MR) is 67.5 cm³/mol. The van der Waals surface area contributed by atoms with E-state index < -0.39 is 0 Å². The number of halogens is 1. The van der Waals surface area contributed by atoms with Crippen LogP contribution in [0, 0.1) is 8.99 Å². The van der Waals surface area contributed by atoms with E-state index in [1.54, 1.807) is 11.1 Å². The molecule has 1 fully saturated rings. The van der Waals surface area contributed by atoms with E-state index in [4.69, 9.17) is 0 Å². The summed E-state index contributed by atoms with van der Waals surface area (Å²) in [7, 11) is 0. The minimum absolute atomic E-state index is 0.684. The molecule has 74 valence electrons. The van der Waals surface area contributed by atoms with Crippen molar-refractivity contribution in [3.8, 4) is 0 Å². The van der Waals surface area contributed by atoms with Crippen LogP contribution in [0.5, 0.6) is 0 Å². The molecule has 0 saturated heterocycles. The van der Waals surface area contributed by atoms with Crippen molar-refractivity contribution >= 4 is 22.6 Å². The molecule has 2 aliphatic carbocycles. The molecular formula is C13H15I. The van der Waals surface area contributed by atoms with Crippen molar-refractivity contribution in [2.45, 2.75) is 38.5 Å². The summed E-state index contributed by atoms with van der Waals surface area (Å²) < 4.78 is 1.49. The molecule has 0 N–H and O–H groups in total. The van der Waals surface area contributed by atoms with Gasteiger partial charge in [0.1, 0.15) is 0 Å². The lowest BCUT2D eigenvalue weighted by Crippen LogP contribution is -2.15. The zero-order valence-corrected chi connectivity index (χ0v) is 10.5. The SMILES string of the molecule is Ic1cccc2c1CC1(CCCC1)C2. The average Bonchev–Trinajstić information content (AvgIpc) is 2.75. The Hall–Kier alpha value is -0.0500. The number of hydrogen-bond donors (Lipinski definition) is 0. The zero-order valence-electron chi connectivity index (χ0n) is 8.35. The second kappa shape index (κ2) is 3.22. The highest BCUT2D eigenvalue weighted by atomic mass is 127. The monoisotopic (exact) mass is 298 g/mol. The molecule has 0 aliphatic heterocycles. The Morgan fingerprint density at radius 1 is 1.07 bits per heavy atom. The Labute approximate surface area is 99.2 Å². The lowest BCUT2D eigenvalue weighted by atomic mass is 9.83. The van der Waals surface area contributed by atoms with Gasteiger partial charge in [-0.3, -0.25) is 0 Å². The van der Waals surface area contributed by atoms with E-state index in [-0.39, 0.29) is 0 Å². The first-order valence-corrected chi connectivity index (χ1v) is 6.63. The van der Waals surface area contributed by atoms with Gasteiger partial charge in [0.15, 0.2) is 0 Å². The van der Waals surface area contributed by atoms with Crippen molar-refractivity contribution in [2.24, 2.45) is 5.41 Å². The molecule has 1 aromatic rings. The molecule has 2 aliphatic rings. The molecule has 1 spiro atoms. The summed E-state index contributed by atoms with van der Waals surface area (Å²) in [6.07, 6.45) is 8.59. The van der Waals surface area contributed by atoms with Gasteiger partial charge in [0, 0.05) is 3.57 Å². The molecular weight excluding hydrogens is 283 g/mol. The van der Waals surface area contributed by atoms with Crippen LogP contribution < -0.4 is 0 Å². The third kappa shape index (κ3) is 1.32. The summed E-state index contributed by atoms with van der Waals surface area (Å²) in [6, 6.07) is 6.81. The van der Waals surface area contributed by atoms with Crippen molar-refractivity contribution < 1.29 is 0 Å². The van der Waals surface area contributed by atoms with E-state index in [0.29, 0.717) is 5.41 Å². The highest BCUT2D eigenvalue weighted by molar-refractivity contribution is 14.1. The summed E-state index contributed by atoms with van der Waals surface area (Å²) in [6.45, 7) is 0. The molecule has 0 nitrogen and oxygen atoms in total. The van der Waals surface area contributed by atoms with Crippen LogP contribution in [0.25, 0.3) is 0 Å². The molecule has 0 amide bonds. The van der Waals surface area contributed by atoms with Gasteiger partial charge < -0.3 is 0 Å². The van der Waals surface area contributed by atoms with E-state index in [1.807, 2.05) is 0 Å². The lowest BCUT2D eigenvalue weighted by Gasteiger charge is -2.21. The average molecular weight is 298 g/mol. The number of benzene rings is 1. The minimum atomic E-state index is 0.684. The number of rotatable bonds is 0. The highest BCUT2D eigenvalue weighted by Crippen LogP contribution is 2.49. The minimum Gasteiger partial charge on any atom is -0.0609 e. The Bertz CT molecular complexity index is 361. The normalized spacial score (nSPS) is 22.9. The van der Waals surface area contributed by atoms with E-state index >= 15 is 0 Å². The van der Waals surface area contributed by atoms with Crippen LogP contribution in [-0.4, -0.2) is 0 Å². The standard InChI is InChI=1S/C13H15I/c14-12-5-3-4-10-8-13(9-11(10)12)6-1-2-7-13/h3-5H,1-2,6-9H2. The van der Waals surface area contributed by atoms with Crippen LogP contribution in [0.1, 0.15) is 36.8 Å².